The lowest BCUT2D eigenvalue weighted by Gasteiger charge is -2.19. The number of ether oxygens (including phenoxy) is 1. The van der Waals surface area contributed by atoms with Crippen LogP contribution in [0.5, 0.6) is 5.75 Å². The third-order valence-electron chi connectivity index (χ3n) is 3.45. The van der Waals surface area contributed by atoms with Crippen LogP contribution in [0.2, 0.25) is 0 Å². The highest BCUT2D eigenvalue weighted by Crippen LogP contribution is 2.32. The topological polar surface area (TPSA) is 105 Å². The van der Waals surface area contributed by atoms with Crippen molar-refractivity contribution in [2.75, 3.05) is 29.0 Å². The van der Waals surface area contributed by atoms with Crippen LogP contribution in [0.1, 0.15) is 20.3 Å². The molecule has 1 fully saturated rings. The van der Waals surface area contributed by atoms with Gasteiger partial charge in [-0.15, -0.1) is 0 Å². The smallest absolute Gasteiger partial charge is 0.313 e. The molecule has 0 spiro atoms. The second kappa shape index (κ2) is 7.08. The summed E-state index contributed by atoms with van der Waals surface area (Å²) in [5, 5.41) is 4.95. The van der Waals surface area contributed by atoms with Crippen LogP contribution >= 0.6 is 0 Å². The summed E-state index contributed by atoms with van der Waals surface area (Å²) in [6, 6.07) is 4.45. The van der Waals surface area contributed by atoms with E-state index in [1.165, 1.54) is 23.5 Å². The Bertz CT molecular complexity index is 745. The molecule has 0 bridgehead atoms. The van der Waals surface area contributed by atoms with E-state index < -0.39 is 21.8 Å². The van der Waals surface area contributed by atoms with Gasteiger partial charge in [0.05, 0.1) is 24.2 Å². The van der Waals surface area contributed by atoms with E-state index in [4.69, 9.17) is 4.74 Å². The van der Waals surface area contributed by atoms with E-state index in [9.17, 15) is 18.0 Å². The number of nitrogens with zero attached hydrogens (tertiary/aromatic N) is 1. The van der Waals surface area contributed by atoms with Crippen molar-refractivity contribution in [1.82, 2.24) is 5.32 Å². The molecule has 2 rings (SSSR count). The molecule has 9 heteroatoms. The SMILES string of the molecule is COc1cc(N2CCCS2(=O)=O)ccc1NC(=O)C(=O)NC(C)C. The molecule has 2 amide bonds. The Morgan fingerprint density at radius 1 is 1.25 bits per heavy atom. The van der Waals surface area contributed by atoms with Crippen LogP contribution in [0.15, 0.2) is 18.2 Å². The van der Waals surface area contributed by atoms with E-state index in [2.05, 4.69) is 10.6 Å². The van der Waals surface area contributed by atoms with E-state index in [0.717, 1.165) is 0 Å². The van der Waals surface area contributed by atoms with Crippen molar-refractivity contribution in [3.8, 4) is 5.75 Å². The lowest BCUT2D eigenvalue weighted by molar-refractivity contribution is -0.136. The van der Waals surface area contributed by atoms with Crippen molar-refractivity contribution in [2.45, 2.75) is 26.3 Å². The fraction of sp³-hybridized carbons (Fsp3) is 0.467. The molecule has 0 saturated carbocycles. The maximum Gasteiger partial charge on any atom is 0.313 e. The van der Waals surface area contributed by atoms with Crippen LogP contribution in [0.3, 0.4) is 0 Å². The first-order valence-corrected chi connectivity index (χ1v) is 9.16. The van der Waals surface area contributed by atoms with Gasteiger partial charge < -0.3 is 15.4 Å². The molecule has 0 radical (unpaired) electrons. The predicted molar refractivity (Wildman–Crippen MR) is 90.7 cm³/mol. The first kappa shape index (κ1) is 18.1. The molecule has 0 atom stereocenters. The normalized spacial score (nSPS) is 16.1. The molecule has 1 saturated heterocycles. The number of methoxy groups -OCH3 is 1. The van der Waals surface area contributed by atoms with Crippen LogP contribution in [0.25, 0.3) is 0 Å². The highest BCUT2D eigenvalue weighted by molar-refractivity contribution is 7.93. The zero-order chi connectivity index (χ0) is 17.9. The molecule has 1 heterocycles. The maximum atomic E-state index is 12.0. The summed E-state index contributed by atoms with van der Waals surface area (Å²) in [5.41, 5.74) is 0.760. The molecule has 24 heavy (non-hydrogen) atoms. The minimum atomic E-state index is -3.30. The van der Waals surface area contributed by atoms with E-state index in [-0.39, 0.29) is 17.5 Å². The third kappa shape index (κ3) is 3.97. The van der Waals surface area contributed by atoms with Gasteiger partial charge in [-0.25, -0.2) is 8.42 Å². The maximum absolute atomic E-state index is 12.0. The minimum absolute atomic E-state index is 0.114. The lowest BCUT2D eigenvalue weighted by Crippen LogP contribution is -2.39. The van der Waals surface area contributed by atoms with Gasteiger partial charge in [0.2, 0.25) is 10.0 Å². The molecule has 0 unspecified atom stereocenters. The number of sulfonamides is 1. The second-order valence-electron chi connectivity index (χ2n) is 5.71. The Hall–Kier alpha value is -2.29. The number of benzene rings is 1. The van der Waals surface area contributed by atoms with Gasteiger partial charge >= 0.3 is 11.8 Å². The summed E-state index contributed by atoms with van der Waals surface area (Å²) >= 11 is 0. The fourth-order valence-electron chi connectivity index (χ4n) is 2.37. The van der Waals surface area contributed by atoms with Crippen molar-refractivity contribution in [2.24, 2.45) is 0 Å². The molecule has 1 aliphatic heterocycles. The lowest BCUT2D eigenvalue weighted by atomic mass is 10.2. The quantitative estimate of drug-likeness (QED) is 0.774. The molecule has 2 N–H and O–H groups in total. The Morgan fingerprint density at radius 2 is 1.96 bits per heavy atom. The van der Waals surface area contributed by atoms with Crippen molar-refractivity contribution < 1.29 is 22.7 Å². The van der Waals surface area contributed by atoms with Gasteiger partial charge in [0.25, 0.3) is 0 Å². The van der Waals surface area contributed by atoms with Crippen molar-refractivity contribution in [1.29, 1.82) is 0 Å². The van der Waals surface area contributed by atoms with Crippen molar-refractivity contribution in [3.05, 3.63) is 18.2 Å². The summed E-state index contributed by atoms with van der Waals surface area (Å²) in [6.07, 6.45) is 0.568. The zero-order valence-electron chi connectivity index (χ0n) is 13.8. The van der Waals surface area contributed by atoms with Crippen LogP contribution < -0.4 is 19.7 Å². The number of nitrogens with one attached hydrogen (secondary N) is 2. The molecule has 0 aromatic heterocycles. The van der Waals surface area contributed by atoms with E-state index in [1.807, 2.05) is 0 Å². The highest BCUT2D eigenvalue weighted by atomic mass is 32.2. The Balaban J connectivity index is 2.21. The van der Waals surface area contributed by atoms with E-state index >= 15 is 0 Å². The molecule has 1 aromatic carbocycles. The second-order valence-corrected chi connectivity index (χ2v) is 7.72. The van der Waals surface area contributed by atoms with Gasteiger partial charge in [-0.05, 0) is 32.4 Å². The van der Waals surface area contributed by atoms with Gasteiger partial charge in [-0.3, -0.25) is 13.9 Å². The van der Waals surface area contributed by atoms with E-state index in [1.54, 1.807) is 19.9 Å². The highest BCUT2D eigenvalue weighted by Gasteiger charge is 2.29. The van der Waals surface area contributed by atoms with Gasteiger partial charge in [0.1, 0.15) is 5.75 Å². The number of hydrogen-bond acceptors (Lipinski definition) is 5. The molecule has 8 nitrogen and oxygen atoms in total. The first-order chi connectivity index (χ1) is 11.2. The molecular weight excluding hydrogens is 334 g/mol. The Morgan fingerprint density at radius 3 is 2.50 bits per heavy atom. The minimum Gasteiger partial charge on any atom is -0.494 e. The van der Waals surface area contributed by atoms with Gasteiger partial charge in [-0.2, -0.15) is 0 Å². The summed E-state index contributed by atoms with van der Waals surface area (Å²) < 4.78 is 30.5. The molecule has 132 valence electrons. The van der Waals surface area contributed by atoms with E-state index in [0.29, 0.717) is 24.3 Å². The summed E-state index contributed by atoms with van der Waals surface area (Å²) in [6.45, 7) is 3.90. The van der Waals surface area contributed by atoms with Gasteiger partial charge in [0, 0.05) is 18.7 Å². The number of hydrogen-bond donors (Lipinski definition) is 2. The monoisotopic (exact) mass is 355 g/mol. The fourth-order valence-corrected chi connectivity index (χ4v) is 3.93. The largest absolute Gasteiger partial charge is 0.494 e. The number of carbonyl (C=O) groups is 2. The summed E-state index contributed by atoms with van der Waals surface area (Å²) in [4.78, 5) is 23.5. The Kier molecular flexibility index (Phi) is 5.33. The van der Waals surface area contributed by atoms with Crippen LogP contribution in [0, 0.1) is 0 Å². The van der Waals surface area contributed by atoms with Crippen molar-refractivity contribution in [3.63, 3.8) is 0 Å². The third-order valence-corrected chi connectivity index (χ3v) is 5.32. The number of anilines is 2. The zero-order valence-corrected chi connectivity index (χ0v) is 14.6. The molecule has 1 aliphatic rings. The predicted octanol–water partition coefficient (Wildman–Crippen LogP) is 0.698. The summed E-state index contributed by atoms with van der Waals surface area (Å²) in [7, 11) is -1.90. The van der Waals surface area contributed by atoms with Gasteiger partial charge in [-0.1, -0.05) is 0 Å². The van der Waals surface area contributed by atoms with Crippen LogP contribution in [-0.4, -0.2) is 45.7 Å². The first-order valence-electron chi connectivity index (χ1n) is 7.55. The van der Waals surface area contributed by atoms with Crippen LogP contribution in [-0.2, 0) is 19.6 Å². The number of amides is 2. The van der Waals surface area contributed by atoms with Crippen LogP contribution in [0.4, 0.5) is 11.4 Å². The van der Waals surface area contributed by atoms with Crippen molar-refractivity contribution >= 4 is 33.2 Å². The standard InChI is InChI=1S/C15H21N3O5S/c1-10(2)16-14(19)15(20)17-12-6-5-11(9-13(12)23-3)18-7-4-8-24(18,21)22/h5-6,9-10H,4,7-8H2,1-3H3,(H,16,19)(H,17,20). The Labute approximate surface area is 141 Å². The van der Waals surface area contributed by atoms with Gasteiger partial charge in [0.15, 0.2) is 0 Å². The molecular formula is C15H21N3O5S. The molecule has 1 aromatic rings. The number of carbonyl (C=O) groups excluding carboxylic acids is 2. The molecule has 0 aliphatic carbocycles. The number of rotatable bonds is 4. The average Bonchev–Trinajstić information content (AvgIpc) is 2.86. The summed E-state index contributed by atoms with van der Waals surface area (Å²) in [5.74, 6) is -1.18. The average molecular weight is 355 g/mol.